The number of sulfonamides is 1. The first-order valence-corrected chi connectivity index (χ1v) is 11.3. The van der Waals surface area contributed by atoms with Crippen molar-refractivity contribution in [3.63, 3.8) is 0 Å². The molecule has 2 fully saturated rings. The lowest BCUT2D eigenvalue weighted by molar-refractivity contribution is 0.264. The Balaban J connectivity index is 1.53. The lowest BCUT2D eigenvalue weighted by Gasteiger charge is -2.29. The summed E-state index contributed by atoms with van der Waals surface area (Å²) >= 11 is 1.31. The van der Waals surface area contributed by atoms with Crippen LogP contribution in [0, 0.1) is 6.92 Å². The largest absolute Gasteiger partial charge is 0.339 e. The van der Waals surface area contributed by atoms with Crippen LogP contribution in [0.3, 0.4) is 0 Å². The second-order valence-electron chi connectivity index (χ2n) is 7.39. The Morgan fingerprint density at radius 2 is 2.08 bits per heavy atom. The van der Waals surface area contributed by atoms with E-state index in [1.165, 1.54) is 11.3 Å². The van der Waals surface area contributed by atoms with Crippen molar-refractivity contribution in [2.24, 2.45) is 5.73 Å². The predicted molar refractivity (Wildman–Crippen MR) is 98.4 cm³/mol. The summed E-state index contributed by atoms with van der Waals surface area (Å²) in [5, 5.41) is 4.12. The zero-order valence-corrected chi connectivity index (χ0v) is 16.5. The fraction of sp³-hybridized carbons (Fsp3) is 0.647. The molecule has 2 N–H and O–H groups in total. The van der Waals surface area contributed by atoms with Crippen LogP contribution in [-0.4, -0.2) is 36.0 Å². The second-order valence-corrected chi connectivity index (χ2v) is 10.8. The molecule has 1 aliphatic heterocycles. The lowest BCUT2D eigenvalue weighted by atomic mass is 9.97. The van der Waals surface area contributed by atoms with Gasteiger partial charge in [0.25, 0.3) is 10.0 Å². The van der Waals surface area contributed by atoms with Gasteiger partial charge in [0, 0.05) is 18.0 Å². The van der Waals surface area contributed by atoms with E-state index in [0.717, 1.165) is 43.4 Å². The average Bonchev–Trinajstić information content (AvgIpc) is 3.36. The molecule has 0 radical (unpaired) electrons. The third-order valence-electron chi connectivity index (χ3n) is 5.43. The van der Waals surface area contributed by atoms with E-state index >= 15 is 0 Å². The maximum atomic E-state index is 12.9. The Morgan fingerprint density at radius 3 is 2.77 bits per heavy atom. The molecule has 0 amide bonds. The van der Waals surface area contributed by atoms with Gasteiger partial charge in [-0.3, -0.25) is 0 Å². The zero-order valence-electron chi connectivity index (χ0n) is 14.8. The minimum Gasteiger partial charge on any atom is -0.339 e. The molecule has 4 rings (SSSR count). The quantitative estimate of drug-likeness (QED) is 0.852. The third kappa shape index (κ3) is 3.21. The van der Waals surface area contributed by atoms with Crippen LogP contribution in [0.1, 0.15) is 61.0 Å². The summed E-state index contributed by atoms with van der Waals surface area (Å²) in [6, 6.07) is 3.52. The fourth-order valence-electron chi connectivity index (χ4n) is 3.87. The van der Waals surface area contributed by atoms with Crippen molar-refractivity contribution in [3.8, 4) is 0 Å². The van der Waals surface area contributed by atoms with Crippen molar-refractivity contribution >= 4 is 21.4 Å². The lowest BCUT2D eigenvalue weighted by Crippen LogP contribution is -2.39. The standard InChI is InChI=1S/C17H24N4O3S2/c1-12-6-7-14(25-12)26(22,23)21-10-4-5-13(11-21)15-19-16(20-24-15)17(18)8-2-3-9-17/h6-7,13H,2-5,8-11,18H2,1H3. The molecule has 26 heavy (non-hydrogen) atoms. The molecule has 0 bridgehead atoms. The fourth-order valence-corrected chi connectivity index (χ4v) is 6.83. The first-order chi connectivity index (χ1) is 12.4. The van der Waals surface area contributed by atoms with Crippen LogP contribution in [0.4, 0.5) is 0 Å². The van der Waals surface area contributed by atoms with Crippen LogP contribution in [0.2, 0.25) is 0 Å². The first kappa shape index (κ1) is 18.1. The Labute approximate surface area is 157 Å². The van der Waals surface area contributed by atoms with Gasteiger partial charge in [0.1, 0.15) is 4.21 Å². The summed E-state index contributed by atoms with van der Waals surface area (Å²) in [5.41, 5.74) is 5.92. The van der Waals surface area contributed by atoms with E-state index in [4.69, 9.17) is 10.3 Å². The summed E-state index contributed by atoms with van der Waals surface area (Å²) < 4.78 is 33.2. The van der Waals surface area contributed by atoms with Gasteiger partial charge in [0.05, 0.1) is 11.5 Å². The Kier molecular flexibility index (Phi) is 4.66. The van der Waals surface area contributed by atoms with Crippen molar-refractivity contribution in [2.75, 3.05) is 13.1 Å². The highest BCUT2D eigenvalue weighted by Crippen LogP contribution is 2.36. The van der Waals surface area contributed by atoms with Gasteiger partial charge in [0.15, 0.2) is 5.82 Å². The highest BCUT2D eigenvalue weighted by Gasteiger charge is 2.38. The van der Waals surface area contributed by atoms with Crippen molar-refractivity contribution in [3.05, 3.63) is 28.7 Å². The third-order valence-corrected chi connectivity index (χ3v) is 8.76. The number of hydrogen-bond donors (Lipinski definition) is 1. The minimum absolute atomic E-state index is 0.0779. The van der Waals surface area contributed by atoms with Gasteiger partial charge in [-0.05, 0) is 44.7 Å². The van der Waals surface area contributed by atoms with E-state index in [1.54, 1.807) is 10.4 Å². The molecule has 2 aliphatic rings. The van der Waals surface area contributed by atoms with Gasteiger partial charge in [-0.15, -0.1) is 11.3 Å². The molecule has 3 heterocycles. The molecule has 1 saturated heterocycles. The summed E-state index contributed by atoms with van der Waals surface area (Å²) in [5.74, 6) is 1.00. The Morgan fingerprint density at radius 1 is 1.31 bits per heavy atom. The molecule has 0 aromatic carbocycles. The van der Waals surface area contributed by atoms with Crippen LogP contribution >= 0.6 is 11.3 Å². The molecule has 1 aliphatic carbocycles. The molecular weight excluding hydrogens is 372 g/mol. The maximum Gasteiger partial charge on any atom is 0.252 e. The number of hydrogen-bond acceptors (Lipinski definition) is 7. The molecule has 1 unspecified atom stereocenters. The van der Waals surface area contributed by atoms with Gasteiger partial charge < -0.3 is 10.3 Å². The molecule has 2 aromatic heterocycles. The van der Waals surface area contributed by atoms with Crippen molar-refractivity contribution in [2.45, 2.75) is 61.1 Å². The highest BCUT2D eigenvalue weighted by molar-refractivity contribution is 7.91. The van der Waals surface area contributed by atoms with E-state index in [-0.39, 0.29) is 5.92 Å². The maximum absolute atomic E-state index is 12.9. The molecule has 9 heteroatoms. The molecule has 142 valence electrons. The van der Waals surface area contributed by atoms with Crippen molar-refractivity contribution in [1.29, 1.82) is 0 Å². The number of aryl methyl sites for hydroxylation is 1. The molecule has 0 spiro atoms. The van der Waals surface area contributed by atoms with Crippen LogP contribution in [0.25, 0.3) is 0 Å². The molecule has 1 saturated carbocycles. The Hall–Kier alpha value is -1.29. The van der Waals surface area contributed by atoms with E-state index in [1.807, 2.05) is 13.0 Å². The molecule has 1 atom stereocenters. The van der Waals surface area contributed by atoms with Gasteiger partial charge in [-0.25, -0.2) is 8.42 Å². The van der Waals surface area contributed by atoms with Crippen molar-refractivity contribution in [1.82, 2.24) is 14.4 Å². The van der Waals surface area contributed by atoms with Gasteiger partial charge in [-0.1, -0.05) is 18.0 Å². The topological polar surface area (TPSA) is 102 Å². The second kappa shape index (κ2) is 6.70. The monoisotopic (exact) mass is 396 g/mol. The molecule has 2 aromatic rings. The number of nitrogens with two attached hydrogens (primary N) is 1. The highest BCUT2D eigenvalue weighted by atomic mass is 32.2. The van der Waals surface area contributed by atoms with E-state index < -0.39 is 15.6 Å². The van der Waals surface area contributed by atoms with Gasteiger partial charge >= 0.3 is 0 Å². The Bertz CT molecular complexity index is 883. The summed E-state index contributed by atoms with van der Waals surface area (Å²) in [6.45, 7) is 2.81. The van der Waals surface area contributed by atoms with E-state index in [9.17, 15) is 8.42 Å². The van der Waals surface area contributed by atoms with Crippen LogP contribution < -0.4 is 5.73 Å². The van der Waals surface area contributed by atoms with Crippen LogP contribution in [0.5, 0.6) is 0 Å². The SMILES string of the molecule is Cc1ccc(S(=O)(=O)N2CCCC(c3nc(C4(N)CCCC4)no3)C2)s1. The number of nitrogens with zero attached hydrogens (tertiary/aromatic N) is 3. The van der Waals surface area contributed by atoms with Gasteiger partial charge in [-0.2, -0.15) is 9.29 Å². The van der Waals surface area contributed by atoms with Crippen molar-refractivity contribution < 1.29 is 12.9 Å². The normalized spacial score (nSPS) is 24.2. The van der Waals surface area contributed by atoms with E-state index in [2.05, 4.69) is 10.1 Å². The van der Waals surface area contributed by atoms with Crippen LogP contribution in [0.15, 0.2) is 20.9 Å². The number of thiophene rings is 1. The smallest absolute Gasteiger partial charge is 0.252 e. The van der Waals surface area contributed by atoms with Gasteiger partial charge in [0.2, 0.25) is 5.89 Å². The predicted octanol–water partition coefficient (Wildman–Crippen LogP) is 2.74. The summed E-state index contributed by atoms with van der Waals surface area (Å²) in [6.07, 6.45) is 5.52. The average molecular weight is 397 g/mol. The number of rotatable bonds is 4. The van der Waals surface area contributed by atoms with Crippen LogP contribution in [-0.2, 0) is 15.6 Å². The van der Waals surface area contributed by atoms with E-state index in [0.29, 0.717) is 29.0 Å². The molecular formula is C17H24N4O3S2. The first-order valence-electron chi connectivity index (χ1n) is 9.08. The number of aromatic nitrogens is 2. The number of piperidine rings is 1. The zero-order chi connectivity index (χ0) is 18.4. The summed E-state index contributed by atoms with van der Waals surface area (Å²) in [7, 11) is -3.47. The minimum atomic E-state index is -3.47. The summed E-state index contributed by atoms with van der Waals surface area (Å²) in [4.78, 5) is 5.55. The molecule has 7 nitrogen and oxygen atoms in total.